The fourth-order valence-electron chi connectivity index (χ4n) is 2.55. The lowest BCUT2D eigenvalue weighted by Gasteiger charge is -2.15. The highest BCUT2D eigenvalue weighted by Gasteiger charge is 2.25. The number of carbonyl (C=O) groups is 2. The molecule has 1 unspecified atom stereocenters. The number of ether oxygens (including phenoxy) is 4. The maximum Gasteiger partial charge on any atom is 0.258 e. The molecule has 0 aliphatic heterocycles. The predicted octanol–water partition coefficient (Wildman–Crippen LogP) is 4.71. The van der Waals surface area contributed by atoms with Crippen molar-refractivity contribution in [1.82, 2.24) is 0 Å². The van der Waals surface area contributed by atoms with E-state index in [2.05, 4.69) is 15.5 Å². The molecule has 0 saturated heterocycles. The van der Waals surface area contributed by atoms with Crippen molar-refractivity contribution in [1.29, 1.82) is 0 Å². The summed E-state index contributed by atoms with van der Waals surface area (Å²) < 4.78 is 20.7. The number of hydrogen-bond donors (Lipinski definition) is 1. The number of amides is 1. The molecule has 9 nitrogen and oxygen atoms in total. The van der Waals surface area contributed by atoms with Crippen molar-refractivity contribution in [2.45, 2.75) is 13.0 Å². The molecule has 31 heavy (non-hydrogen) atoms. The predicted molar refractivity (Wildman–Crippen MR) is 117 cm³/mol. The lowest BCUT2D eigenvalue weighted by atomic mass is 10.2. The molecule has 1 amide bonds. The quantitative estimate of drug-likeness (QED) is 0.420. The van der Waals surface area contributed by atoms with Crippen molar-refractivity contribution >= 4 is 46.3 Å². The van der Waals surface area contributed by atoms with Crippen LogP contribution in [-0.4, -0.2) is 46.2 Å². The third kappa shape index (κ3) is 5.56. The van der Waals surface area contributed by atoms with Crippen LogP contribution in [0.4, 0.5) is 11.4 Å². The number of nitrogens with one attached hydrogen (secondary N) is 1. The minimum absolute atomic E-state index is 0.168. The minimum Gasteiger partial charge on any atom is -0.495 e. The zero-order valence-corrected chi connectivity index (χ0v) is 19.0. The Hall–Kier alpha value is -3.04. The molecule has 2 aromatic rings. The Morgan fingerprint density at radius 1 is 0.935 bits per heavy atom. The van der Waals surface area contributed by atoms with Crippen molar-refractivity contribution in [3.05, 3.63) is 34.3 Å². The zero-order valence-electron chi connectivity index (χ0n) is 17.5. The van der Waals surface area contributed by atoms with Crippen molar-refractivity contribution in [2.24, 2.45) is 10.2 Å². The molecule has 0 aliphatic rings. The van der Waals surface area contributed by atoms with E-state index in [0.717, 1.165) is 0 Å². The van der Waals surface area contributed by atoms with E-state index in [9.17, 15) is 9.59 Å². The van der Waals surface area contributed by atoms with Crippen LogP contribution in [0.5, 0.6) is 23.0 Å². The number of halogens is 2. The van der Waals surface area contributed by atoms with Crippen molar-refractivity contribution < 1.29 is 28.5 Å². The Bertz CT molecular complexity index is 1010. The van der Waals surface area contributed by atoms with Crippen LogP contribution in [0.15, 0.2) is 34.5 Å². The van der Waals surface area contributed by atoms with Crippen molar-refractivity contribution in [3.8, 4) is 23.0 Å². The van der Waals surface area contributed by atoms with Crippen LogP contribution in [0, 0.1) is 0 Å². The van der Waals surface area contributed by atoms with Gasteiger partial charge in [0.25, 0.3) is 5.91 Å². The van der Waals surface area contributed by atoms with Gasteiger partial charge in [-0.2, -0.15) is 10.2 Å². The van der Waals surface area contributed by atoms with Crippen molar-refractivity contribution in [2.75, 3.05) is 33.8 Å². The van der Waals surface area contributed by atoms with Gasteiger partial charge >= 0.3 is 0 Å². The molecule has 0 heterocycles. The van der Waals surface area contributed by atoms with Gasteiger partial charge in [0, 0.05) is 12.1 Å². The Morgan fingerprint density at radius 3 is 2.10 bits per heavy atom. The van der Waals surface area contributed by atoms with Gasteiger partial charge in [0.2, 0.25) is 6.04 Å². The van der Waals surface area contributed by atoms with Gasteiger partial charge in [-0.05, 0) is 19.1 Å². The number of Topliss-reactive ketones (excluding diaryl/α,β-unsaturated/α-hetero) is 1. The monoisotopic (exact) mass is 469 g/mol. The number of nitrogens with zero attached hydrogens (tertiary/aromatic N) is 2. The summed E-state index contributed by atoms with van der Waals surface area (Å²) in [5.41, 5.74) is 0.437. The summed E-state index contributed by atoms with van der Waals surface area (Å²) in [6.45, 7) is 1.22. The average molecular weight is 470 g/mol. The third-order valence-corrected chi connectivity index (χ3v) is 4.77. The van der Waals surface area contributed by atoms with E-state index in [0.29, 0.717) is 17.2 Å². The highest BCUT2D eigenvalue weighted by Crippen LogP contribution is 2.40. The number of carbonyl (C=O) groups excluding carboxylic acids is 2. The molecule has 0 aliphatic carbocycles. The topological polar surface area (TPSA) is 108 Å². The van der Waals surface area contributed by atoms with E-state index >= 15 is 0 Å². The first-order valence-electron chi connectivity index (χ1n) is 8.81. The van der Waals surface area contributed by atoms with E-state index in [1.165, 1.54) is 53.6 Å². The normalized spacial score (nSPS) is 11.7. The molecule has 2 aromatic carbocycles. The van der Waals surface area contributed by atoms with Gasteiger partial charge in [-0.3, -0.25) is 9.59 Å². The van der Waals surface area contributed by atoms with Crippen LogP contribution >= 0.6 is 23.2 Å². The molecule has 0 spiro atoms. The lowest BCUT2D eigenvalue weighted by molar-refractivity contribution is -0.126. The minimum atomic E-state index is -1.44. The Kier molecular flexibility index (Phi) is 8.47. The van der Waals surface area contributed by atoms with E-state index in [4.69, 9.17) is 42.1 Å². The van der Waals surface area contributed by atoms with Gasteiger partial charge in [0.05, 0.1) is 39.1 Å². The summed E-state index contributed by atoms with van der Waals surface area (Å²) in [7, 11) is 5.75. The molecule has 1 N–H and O–H groups in total. The number of ketones is 1. The second-order valence-electron chi connectivity index (χ2n) is 6.04. The summed E-state index contributed by atoms with van der Waals surface area (Å²) >= 11 is 12.4. The lowest BCUT2D eigenvalue weighted by Crippen LogP contribution is -2.32. The summed E-state index contributed by atoms with van der Waals surface area (Å²) in [6.07, 6.45) is 0. The van der Waals surface area contributed by atoms with E-state index < -0.39 is 17.7 Å². The molecule has 0 bridgehead atoms. The number of methoxy groups -OCH3 is 4. The number of benzene rings is 2. The van der Waals surface area contributed by atoms with Crippen LogP contribution < -0.4 is 24.3 Å². The highest BCUT2D eigenvalue weighted by atomic mass is 35.5. The molecular formula is C20H21Cl2N3O6. The Balaban J connectivity index is 2.32. The molecule has 0 saturated carbocycles. The van der Waals surface area contributed by atoms with E-state index in [1.54, 1.807) is 6.07 Å². The molecule has 1 atom stereocenters. The van der Waals surface area contributed by atoms with Crippen LogP contribution in [0.3, 0.4) is 0 Å². The zero-order chi connectivity index (χ0) is 23.1. The van der Waals surface area contributed by atoms with Crippen LogP contribution in [-0.2, 0) is 9.59 Å². The maximum atomic E-state index is 12.7. The fraction of sp³-hybridized carbons (Fsp3) is 0.300. The summed E-state index contributed by atoms with van der Waals surface area (Å²) in [5.74, 6) is 0.0424. The van der Waals surface area contributed by atoms with Gasteiger partial charge in [-0.15, -0.1) is 0 Å². The third-order valence-electron chi connectivity index (χ3n) is 4.11. The molecular weight excluding hydrogens is 449 g/mol. The summed E-state index contributed by atoms with van der Waals surface area (Å²) in [6, 6.07) is 4.61. The number of rotatable bonds is 9. The molecule has 166 valence electrons. The second-order valence-corrected chi connectivity index (χ2v) is 6.82. The van der Waals surface area contributed by atoms with Crippen LogP contribution in [0.1, 0.15) is 6.92 Å². The van der Waals surface area contributed by atoms with Crippen molar-refractivity contribution in [3.63, 3.8) is 0 Å². The largest absolute Gasteiger partial charge is 0.495 e. The first kappa shape index (κ1) is 24.2. The highest BCUT2D eigenvalue weighted by molar-refractivity contribution is 6.34. The summed E-state index contributed by atoms with van der Waals surface area (Å²) in [5, 5.41) is 10.8. The first-order valence-corrected chi connectivity index (χ1v) is 9.57. The summed E-state index contributed by atoms with van der Waals surface area (Å²) in [4.78, 5) is 24.8. The number of anilines is 1. The Morgan fingerprint density at radius 2 is 1.55 bits per heavy atom. The molecule has 2 rings (SSSR count). The molecule has 0 radical (unpaired) electrons. The fourth-order valence-corrected chi connectivity index (χ4v) is 3.06. The smallest absolute Gasteiger partial charge is 0.258 e. The SMILES string of the molecule is COc1cc(Cl)c(N=NC(C(C)=O)C(=O)Nc2ccc(OC)c(Cl)c2OC)cc1OC. The standard InChI is InChI=1S/C20H21Cl2N3O6/c1-10(26)18(25-24-13-9-16(30-4)15(29-3)8-11(13)21)20(27)23-12-6-7-14(28-2)17(22)19(12)31-5/h6-9,18H,1-5H3,(H,23,27). The number of hydrogen-bond acceptors (Lipinski definition) is 8. The maximum absolute atomic E-state index is 12.7. The van der Waals surface area contributed by atoms with E-state index in [-0.39, 0.29) is 27.2 Å². The van der Waals surface area contributed by atoms with Gasteiger partial charge in [0.1, 0.15) is 16.5 Å². The van der Waals surface area contributed by atoms with Gasteiger partial charge < -0.3 is 24.3 Å². The second kappa shape index (κ2) is 10.8. The first-order chi connectivity index (χ1) is 14.8. The number of azo groups is 1. The van der Waals surface area contributed by atoms with Gasteiger partial charge in [0.15, 0.2) is 23.0 Å². The molecule has 0 fully saturated rings. The van der Waals surface area contributed by atoms with E-state index in [1.807, 2.05) is 0 Å². The van der Waals surface area contributed by atoms with Crippen LogP contribution in [0.2, 0.25) is 10.0 Å². The van der Waals surface area contributed by atoms with Gasteiger partial charge in [-0.1, -0.05) is 23.2 Å². The molecule has 11 heteroatoms. The average Bonchev–Trinajstić information content (AvgIpc) is 2.74. The van der Waals surface area contributed by atoms with Crippen LogP contribution in [0.25, 0.3) is 0 Å². The Labute approximate surface area is 189 Å². The molecule has 0 aromatic heterocycles. The van der Waals surface area contributed by atoms with Gasteiger partial charge in [-0.25, -0.2) is 0 Å².